The van der Waals surface area contributed by atoms with Gasteiger partial charge in [0, 0.05) is 22.0 Å². The second kappa shape index (κ2) is 5.97. The third-order valence-corrected chi connectivity index (χ3v) is 4.12. The molecule has 1 aromatic heterocycles. The van der Waals surface area contributed by atoms with Gasteiger partial charge in [-0.3, -0.25) is 10.1 Å². The molecule has 20 heavy (non-hydrogen) atoms. The van der Waals surface area contributed by atoms with Crippen molar-refractivity contribution in [3.05, 3.63) is 49.3 Å². The summed E-state index contributed by atoms with van der Waals surface area (Å²) >= 11 is 12.8. The van der Waals surface area contributed by atoms with Gasteiger partial charge < -0.3 is 9.84 Å². The molecule has 1 atom stereocenters. The summed E-state index contributed by atoms with van der Waals surface area (Å²) in [6.45, 7) is 1.52. The van der Waals surface area contributed by atoms with Gasteiger partial charge >= 0.3 is 5.69 Å². The van der Waals surface area contributed by atoms with E-state index in [1.165, 1.54) is 25.1 Å². The molecule has 5 nitrogen and oxygen atoms in total. The molecule has 2 rings (SSSR count). The minimum absolute atomic E-state index is 0.0510. The molecule has 0 amide bonds. The van der Waals surface area contributed by atoms with E-state index in [4.69, 9.17) is 27.9 Å². The molecule has 0 aliphatic rings. The molecule has 1 N–H and O–H groups in total. The fourth-order valence-electron chi connectivity index (χ4n) is 1.44. The normalized spacial score (nSPS) is 12.2. The van der Waals surface area contributed by atoms with Gasteiger partial charge in [-0.15, -0.1) is 0 Å². The molecule has 1 heterocycles. The molecule has 106 valence electrons. The van der Waals surface area contributed by atoms with Crippen LogP contribution in [0.4, 0.5) is 5.69 Å². The minimum atomic E-state index is -0.814. The SMILES string of the molecule is CC(O)c1cc([N+](=O)[O-])c(Oc2cc(Cl)ccc2Cl)s1. The van der Waals surface area contributed by atoms with Crippen LogP contribution < -0.4 is 4.74 Å². The Balaban J connectivity index is 2.42. The summed E-state index contributed by atoms with van der Waals surface area (Å²) in [5.74, 6) is 0.223. The van der Waals surface area contributed by atoms with E-state index in [1.807, 2.05) is 0 Å². The molecule has 0 bridgehead atoms. The summed E-state index contributed by atoms with van der Waals surface area (Å²) in [4.78, 5) is 10.9. The second-order valence-corrected chi connectivity index (χ2v) is 5.82. The topological polar surface area (TPSA) is 72.6 Å². The molecular weight excluding hydrogens is 325 g/mol. The lowest BCUT2D eigenvalue weighted by Crippen LogP contribution is -1.90. The highest BCUT2D eigenvalue weighted by molar-refractivity contribution is 7.14. The maximum absolute atomic E-state index is 11.0. The summed E-state index contributed by atoms with van der Waals surface area (Å²) in [7, 11) is 0. The number of nitrogens with zero attached hydrogens (tertiary/aromatic N) is 1. The Labute approximate surface area is 128 Å². The number of hydrogen-bond acceptors (Lipinski definition) is 5. The predicted octanol–water partition coefficient (Wildman–Crippen LogP) is 4.81. The van der Waals surface area contributed by atoms with Gasteiger partial charge in [-0.25, -0.2) is 0 Å². The Kier molecular flexibility index (Phi) is 4.49. The van der Waals surface area contributed by atoms with Gasteiger partial charge in [0.15, 0.2) is 0 Å². The largest absolute Gasteiger partial charge is 0.438 e. The van der Waals surface area contributed by atoms with Crippen LogP contribution in [0.1, 0.15) is 17.9 Å². The van der Waals surface area contributed by atoms with Crippen LogP contribution in [0.3, 0.4) is 0 Å². The van der Waals surface area contributed by atoms with Crippen molar-refractivity contribution in [2.24, 2.45) is 0 Å². The van der Waals surface area contributed by atoms with Crippen LogP contribution >= 0.6 is 34.5 Å². The Morgan fingerprint density at radius 3 is 2.70 bits per heavy atom. The monoisotopic (exact) mass is 333 g/mol. The minimum Gasteiger partial charge on any atom is -0.438 e. The van der Waals surface area contributed by atoms with Crippen molar-refractivity contribution in [3.8, 4) is 10.8 Å². The van der Waals surface area contributed by atoms with Crippen LogP contribution in [0.25, 0.3) is 0 Å². The van der Waals surface area contributed by atoms with Crippen molar-refractivity contribution >= 4 is 40.2 Å². The lowest BCUT2D eigenvalue weighted by atomic mass is 10.3. The molecule has 0 fully saturated rings. The van der Waals surface area contributed by atoms with Crippen molar-refractivity contribution in [3.63, 3.8) is 0 Å². The smallest absolute Gasteiger partial charge is 0.323 e. The Bertz CT molecular complexity index is 657. The van der Waals surface area contributed by atoms with E-state index in [0.29, 0.717) is 9.90 Å². The van der Waals surface area contributed by atoms with E-state index in [1.54, 1.807) is 6.07 Å². The standard InChI is InChI=1S/C12H9Cl2NO4S/c1-6(16)11-5-9(15(17)18)12(20-11)19-10-4-7(13)2-3-8(10)14/h2-6,16H,1H3. The third-order valence-electron chi connectivity index (χ3n) is 2.40. The molecule has 1 aromatic carbocycles. The molecule has 0 aliphatic carbocycles. The maximum Gasteiger partial charge on any atom is 0.323 e. The lowest BCUT2D eigenvalue weighted by molar-refractivity contribution is -0.385. The van der Waals surface area contributed by atoms with Gasteiger partial charge in [0.2, 0.25) is 0 Å². The zero-order valence-electron chi connectivity index (χ0n) is 10.2. The van der Waals surface area contributed by atoms with Crippen molar-refractivity contribution in [2.75, 3.05) is 0 Å². The van der Waals surface area contributed by atoms with E-state index in [0.717, 1.165) is 11.3 Å². The second-order valence-electron chi connectivity index (χ2n) is 3.93. The van der Waals surface area contributed by atoms with Crippen LogP contribution in [-0.2, 0) is 0 Å². The Morgan fingerprint density at radius 2 is 2.10 bits per heavy atom. The number of aliphatic hydroxyl groups is 1. The molecule has 0 saturated carbocycles. The highest BCUT2D eigenvalue weighted by atomic mass is 35.5. The first-order chi connectivity index (χ1) is 9.38. The molecule has 8 heteroatoms. The van der Waals surface area contributed by atoms with Crippen molar-refractivity contribution in [2.45, 2.75) is 13.0 Å². The maximum atomic E-state index is 11.0. The van der Waals surface area contributed by atoms with Crippen LogP contribution in [-0.4, -0.2) is 10.0 Å². The quantitative estimate of drug-likeness (QED) is 0.643. The number of halogens is 2. The van der Waals surface area contributed by atoms with Crippen molar-refractivity contribution < 1.29 is 14.8 Å². The number of nitro groups is 1. The van der Waals surface area contributed by atoms with E-state index in [-0.39, 0.29) is 21.5 Å². The molecule has 0 aliphatic heterocycles. The molecule has 2 aromatic rings. The molecular formula is C12H9Cl2NO4S. The van der Waals surface area contributed by atoms with Crippen LogP contribution in [0.2, 0.25) is 10.0 Å². The van der Waals surface area contributed by atoms with Crippen LogP contribution in [0, 0.1) is 10.1 Å². The Hall–Kier alpha value is -1.34. The fourth-order valence-corrected chi connectivity index (χ4v) is 2.69. The van der Waals surface area contributed by atoms with Crippen molar-refractivity contribution in [1.29, 1.82) is 0 Å². The van der Waals surface area contributed by atoms with E-state index < -0.39 is 11.0 Å². The summed E-state index contributed by atoms with van der Waals surface area (Å²) < 4.78 is 5.46. The fraction of sp³-hybridized carbons (Fsp3) is 0.167. The molecule has 0 saturated heterocycles. The number of ether oxygens (including phenoxy) is 1. The number of aliphatic hydroxyl groups excluding tert-OH is 1. The number of benzene rings is 1. The van der Waals surface area contributed by atoms with Gasteiger partial charge in [-0.2, -0.15) is 0 Å². The molecule has 0 radical (unpaired) electrons. The average molecular weight is 334 g/mol. The predicted molar refractivity (Wildman–Crippen MR) is 78.1 cm³/mol. The first-order valence-electron chi connectivity index (χ1n) is 5.47. The first kappa shape index (κ1) is 15.1. The number of thiophene rings is 1. The zero-order valence-corrected chi connectivity index (χ0v) is 12.5. The zero-order chi connectivity index (χ0) is 14.9. The van der Waals surface area contributed by atoms with E-state index in [2.05, 4.69) is 0 Å². The third kappa shape index (κ3) is 3.21. The Morgan fingerprint density at radius 1 is 1.40 bits per heavy atom. The summed E-state index contributed by atoms with van der Waals surface area (Å²) in [6, 6.07) is 5.87. The summed E-state index contributed by atoms with van der Waals surface area (Å²) in [6.07, 6.45) is -0.814. The number of hydrogen-bond donors (Lipinski definition) is 1. The van der Waals surface area contributed by atoms with Crippen LogP contribution in [0.15, 0.2) is 24.3 Å². The molecule has 0 spiro atoms. The van der Waals surface area contributed by atoms with E-state index in [9.17, 15) is 15.2 Å². The lowest BCUT2D eigenvalue weighted by Gasteiger charge is -2.05. The van der Waals surface area contributed by atoms with E-state index >= 15 is 0 Å². The van der Waals surface area contributed by atoms with Gasteiger partial charge in [0.05, 0.1) is 16.0 Å². The highest BCUT2D eigenvalue weighted by Gasteiger charge is 2.23. The molecule has 1 unspecified atom stereocenters. The number of rotatable bonds is 4. The first-order valence-corrected chi connectivity index (χ1v) is 7.05. The van der Waals surface area contributed by atoms with Crippen molar-refractivity contribution in [1.82, 2.24) is 0 Å². The summed E-state index contributed by atoms with van der Waals surface area (Å²) in [5.41, 5.74) is -0.220. The summed E-state index contributed by atoms with van der Waals surface area (Å²) in [5, 5.41) is 21.2. The van der Waals surface area contributed by atoms with Gasteiger partial charge in [-0.05, 0) is 19.1 Å². The van der Waals surface area contributed by atoms with Gasteiger partial charge in [0.1, 0.15) is 5.75 Å². The average Bonchev–Trinajstić information content (AvgIpc) is 2.78. The van der Waals surface area contributed by atoms with Gasteiger partial charge in [0.25, 0.3) is 5.06 Å². The van der Waals surface area contributed by atoms with Gasteiger partial charge in [-0.1, -0.05) is 34.5 Å². The highest BCUT2D eigenvalue weighted by Crippen LogP contribution is 2.43. The van der Waals surface area contributed by atoms with Crippen LogP contribution in [0.5, 0.6) is 10.8 Å².